The van der Waals surface area contributed by atoms with Gasteiger partial charge in [-0.05, 0) is 0 Å². The second kappa shape index (κ2) is 4.18. The van der Waals surface area contributed by atoms with Gasteiger partial charge in [-0.2, -0.15) is 0 Å². The van der Waals surface area contributed by atoms with Crippen LogP contribution in [0.4, 0.5) is 14.5 Å². The van der Waals surface area contributed by atoms with Crippen LogP contribution in [-0.2, 0) is 10.0 Å². The Balaban J connectivity index is 3.76. The van der Waals surface area contributed by atoms with Crippen LogP contribution in [0.25, 0.3) is 0 Å². The first kappa shape index (κ1) is 13.2. The lowest BCUT2D eigenvalue weighted by Gasteiger charge is -2.04. The molecule has 0 fully saturated rings. The number of aromatic amines is 1. The van der Waals surface area contributed by atoms with E-state index in [0.29, 0.717) is 0 Å². The van der Waals surface area contributed by atoms with Crippen LogP contribution in [0.5, 0.6) is 0 Å². The molecule has 0 saturated heterocycles. The number of nitrogens with zero attached hydrogens (tertiary/aromatic N) is 1. The first-order valence-electron chi connectivity index (χ1n) is 3.87. The van der Waals surface area contributed by atoms with E-state index in [1.54, 1.807) is 4.98 Å². The van der Waals surface area contributed by atoms with Crippen LogP contribution in [0.1, 0.15) is 12.1 Å². The zero-order valence-corrected chi connectivity index (χ0v) is 8.70. The van der Waals surface area contributed by atoms with Gasteiger partial charge in [0.25, 0.3) is 21.9 Å². The van der Waals surface area contributed by atoms with Gasteiger partial charge in [0.05, 0.1) is 10.6 Å². The molecule has 0 unspecified atom stereocenters. The van der Waals surface area contributed by atoms with E-state index in [1.807, 2.05) is 0 Å². The highest BCUT2D eigenvalue weighted by Gasteiger charge is 2.29. The Hall–Kier alpha value is -1.88. The van der Waals surface area contributed by atoms with Crippen LogP contribution in [0.15, 0.2) is 15.9 Å². The Morgan fingerprint density at radius 3 is 2.35 bits per heavy atom. The van der Waals surface area contributed by atoms with Crippen molar-refractivity contribution < 1.29 is 22.1 Å². The highest BCUT2D eigenvalue weighted by molar-refractivity contribution is 7.89. The monoisotopic (exact) mass is 269 g/mol. The van der Waals surface area contributed by atoms with Gasteiger partial charge in [-0.3, -0.25) is 14.9 Å². The minimum atomic E-state index is -4.69. The Labute approximate surface area is 92.3 Å². The molecule has 1 rings (SSSR count). The van der Waals surface area contributed by atoms with Gasteiger partial charge in [-0.1, -0.05) is 0 Å². The first-order chi connectivity index (χ1) is 7.64. The van der Waals surface area contributed by atoms with Gasteiger partial charge >= 0.3 is 5.69 Å². The van der Waals surface area contributed by atoms with E-state index in [1.165, 1.54) is 0 Å². The molecule has 1 aromatic heterocycles. The SMILES string of the molecule is NS(=O)(=O)c1[nH]c(C(F)F)cc(=O)c1[N+](=O)[O-]. The average Bonchev–Trinajstić information content (AvgIpc) is 2.14. The van der Waals surface area contributed by atoms with Crippen LogP contribution < -0.4 is 10.6 Å². The number of sulfonamides is 1. The molecule has 17 heavy (non-hydrogen) atoms. The number of nitrogens with two attached hydrogens (primary N) is 1. The molecule has 0 aliphatic carbocycles. The van der Waals surface area contributed by atoms with Crippen molar-refractivity contribution in [3.8, 4) is 0 Å². The minimum Gasteiger partial charge on any atom is -0.338 e. The van der Waals surface area contributed by atoms with E-state index in [-0.39, 0.29) is 6.07 Å². The summed E-state index contributed by atoms with van der Waals surface area (Å²) in [7, 11) is -4.69. The van der Waals surface area contributed by atoms with Crippen LogP contribution >= 0.6 is 0 Å². The predicted molar refractivity (Wildman–Crippen MR) is 50.0 cm³/mol. The van der Waals surface area contributed by atoms with Crippen LogP contribution in [0.3, 0.4) is 0 Å². The van der Waals surface area contributed by atoms with Crippen molar-refractivity contribution in [1.29, 1.82) is 0 Å². The molecule has 0 saturated carbocycles. The molecule has 8 nitrogen and oxygen atoms in total. The standard InChI is InChI=1S/C6H5F2N3O5S/c7-5(8)2-1-3(12)4(11(13)14)6(10-2)17(9,15)16/h1,5H,(H,10,12)(H2,9,15,16). The molecule has 0 aliphatic heterocycles. The third-order valence-electron chi connectivity index (χ3n) is 1.70. The van der Waals surface area contributed by atoms with E-state index in [0.717, 1.165) is 0 Å². The number of halogens is 2. The number of H-pyrrole nitrogens is 1. The van der Waals surface area contributed by atoms with Gasteiger partial charge in [0, 0.05) is 6.07 Å². The van der Waals surface area contributed by atoms with E-state index < -0.39 is 43.2 Å². The van der Waals surface area contributed by atoms with E-state index >= 15 is 0 Å². The lowest BCUT2D eigenvalue weighted by molar-refractivity contribution is -0.389. The largest absolute Gasteiger partial charge is 0.352 e. The van der Waals surface area contributed by atoms with Gasteiger partial charge in [0.1, 0.15) is 0 Å². The maximum atomic E-state index is 12.3. The predicted octanol–water partition coefficient (Wildman–Crippen LogP) is -0.132. The molecular formula is C6H5F2N3O5S. The summed E-state index contributed by atoms with van der Waals surface area (Å²) in [5, 5.41) is 13.7. The van der Waals surface area contributed by atoms with Crippen molar-refractivity contribution in [1.82, 2.24) is 4.98 Å². The first-order valence-corrected chi connectivity index (χ1v) is 5.41. The maximum Gasteiger partial charge on any atom is 0.352 e. The lowest BCUT2D eigenvalue weighted by atomic mass is 10.3. The molecule has 1 aromatic rings. The summed E-state index contributed by atoms with van der Waals surface area (Å²) in [4.78, 5) is 21.8. The highest BCUT2D eigenvalue weighted by Crippen LogP contribution is 2.21. The topological polar surface area (TPSA) is 136 Å². The lowest BCUT2D eigenvalue weighted by Crippen LogP contribution is -2.22. The number of aromatic nitrogens is 1. The Morgan fingerprint density at radius 1 is 1.47 bits per heavy atom. The van der Waals surface area contributed by atoms with Gasteiger partial charge in [-0.15, -0.1) is 0 Å². The van der Waals surface area contributed by atoms with Crippen molar-refractivity contribution in [2.45, 2.75) is 11.5 Å². The second-order valence-electron chi connectivity index (χ2n) is 2.87. The number of alkyl halides is 2. The summed E-state index contributed by atoms with van der Waals surface area (Å²) in [6, 6.07) is 0.247. The fourth-order valence-corrected chi connectivity index (χ4v) is 1.75. The van der Waals surface area contributed by atoms with E-state index in [4.69, 9.17) is 0 Å². The molecule has 0 aliphatic rings. The van der Waals surface area contributed by atoms with Crippen molar-refractivity contribution >= 4 is 15.7 Å². The fraction of sp³-hybridized carbons (Fsp3) is 0.167. The molecule has 94 valence electrons. The molecule has 0 bridgehead atoms. The molecule has 0 atom stereocenters. The zero-order chi connectivity index (χ0) is 13.4. The molecular weight excluding hydrogens is 264 g/mol. The van der Waals surface area contributed by atoms with Crippen molar-refractivity contribution in [2.75, 3.05) is 0 Å². The number of primary sulfonamides is 1. The third kappa shape index (κ3) is 2.62. The Morgan fingerprint density at radius 2 is 2.00 bits per heavy atom. The van der Waals surface area contributed by atoms with Crippen molar-refractivity contribution in [2.24, 2.45) is 5.14 Å². The van der Waals surface area contributed by atoms with E-state index in [9.17, 15) is 32.1 Å². The molecule has 11 heteroatoms. The van der Waals surface area contributed by atoms with Gasteiger partial charge < -0.3 is 4.98 Å². The third-order valence-corrected chi connectivity index (χ3v) is 2.56. The second-order valence-corrected chi connectivity index (χ2v) is 4.37. The molecule has 1 heterocycles. The number of hydrogen-bond acceptors (Lipinski definition) is 5. The smallest absolute Gasteiger partial charge is 0.338 e. The number of hydrogen-bond donors (Lipinski definition) is 2. The zero-order valence-electron chi connectivity index (χ0n) is 7.88. The average molecular weight is 269 g/mol. The quantitative estimate of drug-likeness (QED) is 0.581. The van der Waals surface area contributed by atoms with Gasteiger partial charge in [0.2, 0.25) is 5.03 Å². The van der Waals surface area contributed by atoms with Crippen LogP contribution in [-0.4, -0.2) is 18.3 Å². The summed E-state index contributed by atoms with van der Waals surface area (Å²) in [5.74, 6) is 0. The van der Waals surface area contributed by atoms with Crippen LogP contribution in [0, 0.1) is 10.1 Å². The molecule has 0 amide bonds. The summed E-state index contributed by atoms with van der Waals surface area (Å²) >= 11 is 0. The molecule has 0 aromatic carbocycles. The number of nitrogens with one attached hydrogen (secondary N) is 1. The fourth-order valence-electron chi connectivity index (χ4n) is 1.04. The summed E-state index contributed by atoms with van der Waals surface area (Å²) in [6.45, 7) is 0. The van der Waals surface area contributed by atoms with Gasteiger partial charge in [0.15, 0.2) is 0 Å². The van der Waals surface area contributed by atoms with Gasteiger partial charge in [-0.25, -0.2) is 22.3 Å². The summed E-state index contributed by atoms with van der Waals surface area (Å²) in [5.41, 5.74) is -3.92. The Kier molecular flexibility index (Phi) is 3.24. The normalized spacial score (nSPS) is 11.8. The van der Waals surface area contributed by atoms with E-state index in [2.05, 4.69) is 5.14 Å². The summed E-state index contributed by atoms with van der Waals surface area (Å²) < 4.78 is 46.4. The molecule has 0 spiro atoms. The summed E-state index contributed by atoms with van der Waals surface area (Å²) in [6.07, 6.45) is -3.19. The van der Waals surface area contributed by atoms with Crippen molar-refractivity contribution in [3.05, 3.63) is 32.1 Å². The maximum absolute atomic E-state index is 12.3. The Bertz CT molecular complexity index is 623. The van der Waals surface area contributed by atoms with Crippen LogP contribution in [0.2, 0.25) is 0 Å². The minimum absolute atomic E-state index is 0.247. The molecule has 0 radical (unpaired) electrons. The highest BCUT2D eigenvalue weighted by atomic mass is 32.2. The number of rotatable bonds is 3. The molecule has 3 N–H and O–H groups in total. The van der Waals surface area contributed by atoms with Crippen molar-refractivity contribution in [3.63, 3.8) is 0 Å². The number of nitro groups is 1. The number of pyridine rings is 1.